The Bertz CT molecular complexity index is 496. The molecule has 0 aliphatic carbocycles. The number of para-hydroxylation sites is 1. The number of rotatable bonds is 8. The first kappa shape index (κ1) is 21.3. The van der Waals surface area contributed by atoms with Gasteiger partial charge in [0.25, 0.3) is 0 Å². The minimum atomic E-state index is 0. The molecule has 1 N–H and O–H groups in total. The van der Waals surface area contributed by atoms with E-state index in [-0.39, 0.29) is 18.3 Å². The van der Waals surface area contributed by atoms with Gasteiger partial charge in [0.05, 0.1) is 11.1 Å². The molecule has 2 rings (SSSR count). The van der Waals surface area contributed by atoms with Gasteiger partial charge in [-0.2, -0.15) is 0 Å². The van der Waals surface area contributed by atoms with E-state index in [2.05, 4.69) is 33.1 Å². The average Bonchev–Trinajstić information content (AvgIpc) is 2.58. The van der Waals surface area contributed by atoms with E-state index < -0.39 is 0 Å². The molecule has 0 saturated carbocycles. The zero-order valence-corrected chi connectivity index (χ0v) is 16.7. The van der Waals surface area contributed by atoms with E-state index in [1.807, 2.05) is 24.3 Å². The zero-order valence-electron chi connectivity index (χ0n) is 14.3. The lowest BCUT2D eigenvalue weighted by Gasteiger charge is -2.34. The Labute approximate surface area is 159 Å². The van der Waals surface area contributed by atoms with Crippen LogP contribution in [0.25, 0.3) is 0 Å². The highest BCUT2D eigenvalue weighted by atomic mass is 79.9. The van der Waals surface area contributed by atoms with E-state index in [1.54, 1.807) is 0 Å². The van der Waals surface area contributed by atoms with Gasteiger partial charge in [-0.25, -0.2) is 0 Å². The van der Waals surface area contributed by atoms with Gasteiger partial charge in [0.2, 0.25) is 5.91 Å². The summed E-state index contributed by atoms with van der Waals surface area (Å²) in [6, 6.07) is 8.21. The normalized spacial score (nSPS) is 14.8. The second kappa shape index (κ2) is 11.7. The largest absolute Gasteiger partial charge is 0.492 e. The SMILES string of the molecule is CCCN(C(=O)CCCOc1ccccc1Br)C1CCNCC1.Cl. The predicted molar refractivity (Wildman–Crippen MR) is 104 cm³/mol. The molecule has 1 aromatic carbocycles. The van der Waals surface area contributed by atoms with Crippen molar-refractivity contribution in [2.75, 3.05) is 26.2 Å². The highest BCUT2D eigenvalue weighted by molar-refractivity contribution is 9.10. The number of hydrogen-bond donors (Lipinski definition) is 1. The fourth-order valence-electron chi connectivity index (χ4n) is 2.98. The molecule has 1 aliphatic heterocycles. The van der Waals surface area contributed by atoms with E-state index in [4.69, 9.17) is 4.74 Å². The van der Waals surface area contributed by atoms with Crippen LogP contribution in [-0.2, 0) is 4.79 Å². The summed E-state index contributed by atoms with van der Waals surface area (Å²) in [6.07, 6.45) is 4.47. The molecule has 0 bridgehead atoms. The fourth-order valence-corrected chi connectivity index (χ4v) is 3.38. The summed E-state index contributed by atoms with van der Waals surface area (Å²) in [7, 11) is 0. The standard InChI is InChI=1S/C18H27BrN2O2.ClH/c1-2-13-21(15-9-11-20-12-10-15)18(22)8-5-14-23-17-7-4-3-6-16(17)19;/h3-4,6-7,15,20H,2,5,8-14H2,1H3;1H. The number of hydrogen-bond acceptors (Lipinski definition) is 3. The number of piperidine rings is 1. The molecule has 4 nitrogen and oxygen atoms in total. The van der Waals surface area contributed by atoms with Crippen LogP contribution in [0.5, 0.6) is 5.75 Å². The van der Waals surface area contributed by atoms with Crippen molar-refractivity contribution in [3.63, 3.8) is 0 Å². The lowest BCUT2D eigenvalue weighted by molar-refractivity contribution is -0.134. The van der Waals surface area contributed by atoms with Crippen LogP contribution in [-0.4, -0.2) is 43.1 Å². The van der Waals surface area contributed by atoms with Crippen LogP contribution in [0.15, 0.2) is 28.7 Å². The Morgan fingerprint density at radius 3 is 2.71 bits per heavy atom. The third-order valence-electron chi connectivity index (χ3n) is 4.16. The number of nitrogens with zero attached hydrogens (tertiary/aromatic N) is 1. The highest BCUT2D eigenvalue weighted by Gasteiger charge is 2.24. The molecule has 0 spiro atoms. The Hall–Kier alpha value is -0.780. The molecule has 0 aromatic heterocycles. The van der Waals surface area contributed by atoms with Crippen molar-refractivity contribution in [2.24, 2.45) is 0 Å². The average molecular weight is 420 g/mol. The number of halogens is 2. The van der Waals surface area contributed by atoms with Crippen LogP contribution in [0.1, 0.15) is 39.0 Å². The molecule has 1 aliphatic rings. The van der Waals surface area contributed by atoms with E-state index in [0.29, 0.717) is 19.1 Å². The third-order valence-corrected chi connectivity index (χ3v) is 4.82. The molecule has 0 atom stereocenters. The molecule has 0 unspecified atom stereocenters. The van der Waals surface area contributed by atoms with Crippen molar-refractivity contribution in [1.29, 1.82) is 0 Å². The topological polar surface area (TPSA) is 41.6 Å². The number of carbonyl (C=O) groups is 1. The van der Waals surface area contributed by atoms with E-state index in [0.717, 1.165) is 55.5 Å². The molecule has 24 heavy (non-hydrogen) atoms. The van der Waals surface area contributed by atoms with Crippen LogP contribution >= 0.6 is 28.3 Å². The second-order valence-electron chi connectivity index (χ2n) is 5.95. The van der Waals surface area contributed by atoms with Gasteiger partial charge in [-0.15, -0.1) is 12.4 Å². The lowest BCUT2D eigenvalue weighted by atomic mass is 10.0. The summed E-state index contributed by atoms with van der Waals surface area (Å²) in [5.74, 6) is 1.11. The minimum Gasteiger partial charge on any atom is -0.492 e. The van der Waals surface area contributed by atoms with Crippen LogP contribution in [0, 0.1) is 0 Å². The third kappa shape index (κ3) is 6.61. The fraction of sp³-hybridized carbons (Fsp3) is 0.611. The summed E-state index contributed by atoms with van der Waals surface area (Å²) in [6.45, 7) is 5.61. The van der Waals surface area contributed by atoms with Crippen LogP contribution < -0.4 is 10.1 Å². The van der Waals surface area contributed by atoms with Gasteiger partial charge in [0.1, 0.15) is 5.75 Å². The summed E-state index contributed by atoms with van der Waals surface area (Å²) in [5.41, 5.74) is 0. The van der Waals surface area contributed by atoms with Crippen molar-refractivity contribution in [3.05, 3.63) is 28.7 Å². The van der Waals surface area contributed by atoms with Gasteiger partial charge in [0, 0.05) is 19.0 Å². The number of ether oxygens (including phenoxy) is 1. The first-order chi connectivity index (χ1) is 11.2. The first-order valence-electron chi connectivity index (χ1n) is 8.60. The van der Waals surface area contributed by atoms with Crippen LogP contribution in [0.2, 0.25) is 0 Å². The molecule has 6 heteroatoms. The maximum absolute atomic E-state index is 12.6. The Morgan fingerprint density at radius 1 is 1.33 bits per heavy atom. The van der Waals surface area contributed by atoms with E-state index >= 15 is 0 Å². The number of benzene rings is 1. The zero-order chi connectivity index (χ0) is 16.5. The van der Waals surface area contributed by atoms with Crippen LogP contribution in [0.3, 0.4) is 0 Å². The molecule has 1 saturated heterocycles. The van der Waals surface area contributed by atoms with Crippen molar-refractivity contribution in [1.82, 2.24) is 10.2 Å². The van der Waals surface area contributed by atoms with Gasteiger partial charge in [-0.3, -0.25) is 4.79 Å². The predicted octanol–water partition coefficient (Wildman–Crippen LogP) is 4.02. The monoisotopic (exact) mass is 418 g/mol. The molecule has 0 radical (unpaired) electrons. The summed E-state index contributed by atoms with van der Waals surface area (Å²) in [4.78, 5) is 14.6. The number of amides is 1. The highest BCUT2D eigenvalue weighted by Crippen LogP contribution is 2.24. The maximum Gasteiger partial charge on any atom is 0.222 e. The summed E-state index contributed by atoms with van der Waals surface area (Å²) in [5, 5.41) is 3.36. The van der Waals surface area contributed by atoms with Crippen molar-refractivity contribution >= 4 is 34.2 Å². The molecular formula is C18H28BrClN2O2. The molecule has 1 heterocycles. The molecule has 1 amide bonds. The number of carbonyl (C=O) groups excluding carboxylic acids is 1. The minimum absolute atomic E-state index is 0. The second-order valence-corrected chi connectivity index (χ2v) is 6.81. The molecular weight excluding hydrogens is 392 g/mol. The first-order valence-corrected chi connectivity index (χ1v) is 9.39. The summed E-state index contributed by atoms with van der Waals surface area (Å²) < 4.78 is 6.70. The Morgan fingerprint density at radius 2 is 2.04 bits per heavy atom. The Balaban J connectivity index is 0.00000288. The summed E-state index contributed by atoms with van der Waals surface area (Å²) >= 11 is 3.47. The quantitative estimate of drug-likeness (QED) is 0.647. The van der Waals surface area contributed by atoms with Crippen molar-refractivity contribution < 1.29 is 9.53 Å². The smallest absolute Gasteiger partial charge is 0.222 e. The Kier molecular flexibility index (Phi) is 10.4. The maximum atomic E-state index is 12.6. The number of nitrogens with one attached hydrogen (secondary N) is 1. The van der Waals surface area contributed by atoms with Gasteiger partial charge in [-0.05, 0) is 66.8 Å². The van der Waals surface area contributed by atoms with Gasteiger partial charge < -0.3 is 15.0 Å². The molecule has 1 fully saturated rings. The lowest BCUT2D eigenvalue weighted by Crippen LogP contribution is -2.46. The molecule has 136 valence electrons. The van der Waals surface area contributed by atoms with E-state index in [1.165, 1.54) is 0 Å². The van der Waals surface area contributed by atoms with Crippen LogP contribution in [0.4, 0.5) is 0 Å². The van der Waals surface area contributed by atoms with E-state index in [9.17, 15) is 4.79 Å². The van der Waals surface area contributed by atoms with Gasteiger partial charge in [0.15, 0.2) is 0 Å². The van der Waals surface area contributed by atoms with Crippen molar-refractivity contribution in [2.45, 2.75) is 45.1 Å². The van der Waals surface area contributed by atoms with Crippen molar-refractivity contribution in [3.8, 4) is 5.75 Å². The van der Waals surface area contributed by atoms with Gasteiger partial charge >= 0.3 is 0 Å². The molecule has 1 aromatic rings. The van der Waals surface area contributed by atoms with Gasteiger partial charge in [-0.1, -0.05) is 19.1 Å².